The molecule has 0 aliphatic carbocycles. The Labute approximate surface area is 154 Å². The lowest BCUT2D eigenvalue weighted by atomic mass is 9.94. The summed E-state index contributed by atoms with van der Waals surface area (Å²) in [5, 5.41) is 22.0. The first kappa shape index (κ1) is 18.5. The van der Waals surface area contributed by atoms with Crippen molar-refractivity contribution in [1.29, 1.82) is 0 Å². The number of aliphatic hydroxyl groups is 1. The van der Waals surface area contributed by atoms with Crippen LogP contribution in [0.5, 0.6) is 5.75 Å². The normalized spacial score (nSPS) is 13.1. The highest BCUT2D eigenvalue weighted by molar-refractivity contribution is 14.1. The number of aliphatic hydroxyl groups excluding tert-OH is 1. The molecule has 0 fully saturated rings. The lowest BCUT2D eigenvalue weighted by Crippen LogP contribution is -2.22. The molecule has 5 nitrogen and oxygen atoms in total. The van der Waals surface area contributed by atoms with Crippen molar-refractivity contribution in [1.82, 2.24) is 0 Å². The van der Waals surface area contributed by atoms with E-state index in [2.05, 4.69) is 27.9 Å². The van der Waals surface area contributed by atoms with Crippen LogP contribution in [-0.4, -0.2) is 22.9 Å². The minimum Gasteiger partial charge on any atom is -0.508 e. The van der Waals surface area contributed by atoms with Crippen molar-refractivity contribution in [2.75, 3.05) is 11.9 Å². The van der Waals surface area contributed by atoms with Gasteiger partial charge in [-0.15, -0.1) is 0 Å². The lowest BCUT2D eigenvalue weighted by Gasteiger charge is -2.25. The number of para-hydroxylation sites is 1. The van der Waals surface area contributed by atoms with Crippen LogP contribution in [0.15, 0.2) is 48.5 Å². The molecule has 0 radical (unpaired) electrons. The number of phenolic OH excluding ortho intramolecular Hbond substituents is 1. The number of aromatic hydroxyl groups is 1. The first-order valence-electron chi connectivity index (χ1n) is 7.63. The van der Waals surface area contributed by atoms with Crippen LogP contribution in [0.1, 0.15) is 25.0 Å². The summed E-state index contributed by atoms with van der Waals surface area (Å²) in [5.41, 5.74) is 1.16. The molecule has 2 aromatic carbocycles. The minimum absolute atomic E-state index is 0.0218. The average Bonchev–Trinajstić information content (AvgIpc) is 2.56. The molecule has 2 atom stereocenters. The predicted molar refractivity (Wildman–Crippen MR) is 101 cm³/mol. The summed E-state index contributed by atoms with van der Waals surface area (Å²) in [7, 11) is 0. The molecule has 0 spiro atoms. The zero-order chi connectivity index (χ0) is 17.5. The maximum absolute atomic E-state index is 12.2. The van der Waals surface area contributed by atoms with Crippen molar-refractivity contribution < 1.29 is 19.7 Å². The SMILES string of the molecule is C[C@H](CCO)[C@H](OC(=O)Nc1ccccc1)c1cc(I)ccc1O. The molecule has 2 aromatic rings. The van der Waals surface area contributed by atoms with E-state index >= 15 is 0 Å². The molecule has 0 bridgehead atoms. The van der Waals surface area contributed by atoms with Crippen LogP contribution in [0, 0.1) is 9.49 Å². The van der Waals surface area contributed by atoms with E-state index in [0.717, 1.165) is 3.57 Å². The molecule has 24 heavy (non-hydrogen) atoms. The second kappa shape index (κ2) is 8.89. The first-order valence-corrected chi connectivity index (χ1v) is 8.71. The number of benzene rings is 2. The zero-order valence-electron chi connectivity index (χ0n) is 13.3. The van der Waals surface area contributed by atoms with Crippen LogP contribution in [0.25, 0.3) is 0 Å². The Balaban J connectivity index is 2.20. The van der Waals surface area contributed by atoms with Crippen molar-refractivity contribution in [3.63, 3.8) is 0 Å². The van der Waals surface area contributed by atoms with Gasteiger partial charge in [-0.1, -0.05) is 25.1 Å². The molecule has 0 heterocycles. The number of ether oxygens (including phenoxy) is 1. The van der Waals surface area contributed by atoms with Gasteiger partial charge >= 0.3 is 6.09 Å². The third-order valence-electron chi connectivity index (χ3n) is 3.65. The van der Waals surface area contributed by atoms with Gasteiger partial charge in [-0.2, -0.15) is 0 Å². The van der Waals surface area contributed by atoms with E-state index in [-0.39, 0.29) is 18.3 Å². The van der Waals surface area contributed by atoms with Gasteiger partial charge in [0.2, 0.25) is 0 Å². The number of hydrogen-bond donors (Lipinski definition) is 3. The maximum Gasteiger partial charge on any atom is 0.412 e. The summed E-state index contributed by atoms with van der Waals surface area (Å²) >= 11 is 2.14. The number of nitrogens with one attached hydrogen (secondary N) is 1. The monoisotopic (exact) mass is 441 g/mol. The third-order valence-corrected chi connectivity index (χ3v) is 4.32. The van der Waals surface area contributed by atoms with Gasteiger partial charge in [0.1, 0.15) is 11.9 Å². The summed E-state index contributed by atoms with van der Waals surface area (Å²) in [6, 6.07) is 14.1. The molecule has 1 amide bonds. The van der Waals surface area contributed by atoms with E-state index < -0.39 is 12.2 Å². The highest BCUT2D eigenvalue weighted by atomic mass is 127. The van der Waals surface area contributed by atoms with Gasteiger partial charge in [0.15, 0.2) is 0 Å². The van der Waals surface area contributed by atoms with Gasteiger partial charge in [-0.05, 0) is 65.3 Å². The molecule has 128 valence electrons. The Kier molecular flexibility index (Phi) is 6.86. The van der Waals surface area contributed by atoms with Gasteiger partial charge in [0.25, 0.3) is 0 Å². The Morgan fingerprint density at radius 1 is 1.25 bits per heavy atom. The molecule has 3 N–H and O–H groups in total. The van der Waals surface area contributed by atoms with E-state index in [1.54, 1.807) is 30.3 Å². The Bertz CT molecular complexity index is 678. The minimum atomic E-state index is -0.657. The number of phenols is 1. The fraction of sp³-hybridized carbons (Fsp3) is 0.278. The maximum atomic E-state index is 12.2. The highest BCUT2D eigenvalue weighted by Crippen LogP contribution is 2.35. The van der Waals surface area contributed by atoms with Crippen molar-refractivity contribution in [3.8, 4) is 5.75 Å². The highest BCUT2D eigenvalue weighted by Gasteiger charge is 2.26. The van der Waals surface area contributed by atoms with Crippen LogP contribution < -0.4 is 5.32 Å². The van der Waals surface area contributed by atoms with E-state index in [9.17, 15) is 15.0 Å². The van der Waals surface area contributed by atoms with E-state index in [0.29, 0.717) is 17.7 Å². The number of amides is 1. The quantitative estimate of drug-likeness (QED) is 0.584. The molecular formula is C18H20INO4. The third kappa shape index (κ3) is 5.10. The van der Waals surface area contributed by atoms with Gasteiger partial charge in [-0.3, -0.25) is 5.32 Å². The Morgan fingerprint density at radius 2 is 1.96 bits per heavy atom. The van der Waals surface area contributed by atoms with Gasteiger partial charge < -0.3 is 14.9 Å². The van der Waals surface area contributed by atoms with E-state index in [4.69, 9.17) is 4.74 Å². The lowest BCUT2D eigenvalue weighted by molar-refractivity contribution is 0.0652. The molecule has 0 aliphatic rings. The molecule has 0 saturated heterocycles. The standard InChI is InChI=1S/C18H20INO4/c1-12(9-10-21)17(15-11-13(19)7-8-16(15)22)24-18(23)20-14-5-3-2-4-6-14/h2-8,11-12,17,21-22H,9-10H2,1H3,(H,20,23)/t12-,17+/m1/s1. The fourth-order valence-electron chi connectivity index (χ4n) is 2.38. The number of halogens is 1. The fourth-order valence-corrected chi connectivity index (χ4v) is 2.89. The van der Waals surface area contributed by atoms with Crippen molar-refractivity contribution in [3.05, 3.63) is 57.7 Å². The van der Waals surface area contributed by atoms with Crippen LogP contribution >= 0.6 is 22.6 Å². The Hall–Kier alpha value is -1.80. The number of carbonyl (C=O) groups excluding carboxylic acids is 1. The van der Waals surface area contributed by atoms with Crippen LogP contribution in [0.4, 0.5) is 10.5 Å². The van der Waals surface area contributed by atoms with E-state index in [1.165, 1.54) is 0 Å². The number of anilines is 1. The molecule has 0 unspecified atom stereocenters. The predicted octanol–water partition coefficient (Wildman–Crippen LogP) is 4.31. The van der Waals surface area contributed by atoms with Crippen LogP contribution in [-0.2, 0) is 4.74 Å². The molecule has 6 heteroatoms. The number of rotatable bonds is 6. The smallest absolute Gasteiger partial charge is 0.412 e. The average molecular weight is 441 g/mol. The van der Waals surface area contributed by atoms with Gasteiger partial charge in [0, 0.05) is 21.4 Å². The summed E-state index contributed by atoms with van der Waals surface area (Å²) in [4.78, 5) is 12.2. The zero-order valence-corrected chi connectivity index (χ0v) is 15.4. The summed E-state index contributed by atoms with van der Waals surface area (Å²) in [5.74, 6) is -0.0849. The summed E-state index contributed by atoms with van der Waals surface area (Å²) < 4.78 is 6.49. The summed E-state index contributed by atoms with van der Waals surface area (Å²) in [6.07, 6.45) is -0.807. The summed E-state index contributed by atoms with van der Waals surface area (Å²) in [6.45, 7) is 1.85. The Morgan fingerprint density at radius 3 is 2.62 bits per heavy atom. The van der Waals surface area contributed by atoms with Crippen LogP contribution in [0.3, 0.4) is 0 Å². The molecule has 0 aromatic heterocycles. The first-order chi connectivity index (χ1) is 11.5. The largest absolute Gasteiger partial charge is 0.508 e. The molecule has 0 aliphatic heterocycles. The number of carbonyl (C=O) groups is 1. The van der Waals surface area contributed by atoms with Crippen LogP contribution in [0.2, 0.25) is 0 Å². The van der Waals surface area contributed by atoms with Gasteiger partial charge in [-0.25, -0.2) is 4.79 Å². The second-order valence-electron chi connectivity index (χ2n) is 5.51. The van der Waals surface area contributed by atoms with Gasteiger partial charge in [0.05, 0.1) is 0 Å². The van der Waals surface area contributed by atoms with E-state index in [1.807, 2.05) is 25.1 Å². The van der Waals surface area contributed by atoms with Crippen molar-refractivity contribution >= 4 is 34.4 Å². The second-order valence-corrected chi connectivity index (χ2v) is 6.76. The molecule has 2 rings (SSSR count). The van der Waals surface area contributed by atoms with Crippen molar-refractivity contribution in [2.24, 2.45) is 5.92 Å². The topological polar surface area (TPSA) is 78.8 Å². The molecular weight excluding hydrogens is 421 g/mol. The molecule has 0 saturated carbocycles. The number of hydrogen-bond acceptors (Lipinski definition) is 4. The van der Waals surface area contributed by atoms with Crippen molar-refractivity contribution in [2.45, 2.75) is 19.4 Å².